The molecule has 0 aromatic heterocycles. The fourth-order valence-electron chi connectivity index (χ4n) is 0.628. The summed E-state index contributed by atoms with van der Waals surface area (Å²) in [5.41, 5.74) is 0. The average Bonchev–Trinajstić information content (AvgIpc) is 1.87. The lowest BCUT2D eigenvalue weighted by Crippen LogP contribution is -1.86. The molecule has 1 heteroatoms. The molecule has 1 aliphatic rings. The monoisotopic (exact) mass is 95.0 g/mol. The molecule has 1 radical (unpaired) electrons. The highest BCUT2D eigenvalue weighted by molar-refractivity contribution is 5.94. The summed E-state index contributed by atoms with van der Waals surface area (Å²) >= 11 is 0. The Kier molecular flexibility index (Phi) is 0.970. The topological polar surface area (TPSA) is 17.1 Å². The van der Waals surface area contributed by atoms with Crippen LogP contribution in [0.15, 0.2) is 12.2 Å². The smallest absolute Gasteiger partial charge is 0.156 e. The Balaban J connectivity index is 2.58. The molecule has 1 nitrogen and oxygen atoms in total. The number of hydrogen-bond acceptors (Lipinski definition) is 1. The Labute approximate surface area is 43.0 Å². The molecule has 0 heterocycles. The minimum absolute atomic E-state index is 0.234. The molecule has 0 saturated carbocycles. The standard InChI is InChI=1S/C6H7O/c1-5-2-3-6(7)4-5/h2-3H,4H2,1H3. The van der Waals surface area contributed by atoms with Crippen LogP contribution in [-0.4, -0.2) is 5.78 Å². The Hall–Kier alpha value is -0.590. The SMILES string of the molecule is C[C]1C=CC(=O)C1. The van der Waals surface area contributed by atoms with Crippen molar-refractivity contribution in [2.75, 3.05) is 0 Å². The molecule has 0 fully saturated rings. The van der Waals surface area contributed by atoms with Crippen molar-refractivity contribution in [3.63, 3.8) is 0 Å². The average molecular weight is 95.1 g/mol. The second-order valence-electron chi connectivity index (χ2n) is 1.82. The molecule has 1 aliphatic carbocycles. The predicted molar refractivity (Wildman–Crippen MR) is 27.7 cm³/mol. The number of ketones is 1. The van der Waals surface area contributed by atoms with Gasteiger partial charge in [-0.15, -0.1) is 0 Å². The molecule has 0 spiro atoms. The molecule has 0 bridgehead atoms. The van der Waals surface area contributed by atoms with Gasteiger partial charge < -0.3 is 0 Å². The van der Waals surface area contributed by atoms with Crippen LogP contribution in [0.2, 0.25) is 0 Å². The van der Waals surface area contributed by atoms with E-state index in [9.17, 15) is 4.79 Å². The molecule has 37 valence electrons. The number of carbonyl (C=O) groups is 1. The summed E-state index contributed by atoms with van der Waals surface area (Å²) in [4.78, 5) is 10.3. The van der Waals surface area contributed by atoms with Gasteiger partial charge in [0.1, 0.15) is 0 Å². The summed E-state index contributed by atoms with van der Waals surface area (Å²) in [7, 11) is 0. The molecule has 0 aliphatic heterocycles. The van der Waals surface area contributed by atoms with Crippen LogP contribution < -0.4 is 0 Å². The quantitative estimate of drug-likeness (QED) is 0.440. The zero-order chi connectivity index (χ0) is 5.28. The van der Waals surface area contributed by atoms with Crippen molar-refractivity contribution in [2.24, 2.45) is 0 Å². The number of hydrogen-bond donors (Lipinski definition) is 0. The molecule has 0 aromatic carbocycles. The van der Waals surface area contributed by atoms with E-state index in [1.165, 1.54) is 5.92 Å². The number of allylic oxidation sites excluding steroid dienone is 2. The zero-order valence-corrected chi connectivity index (χ0v) is 4.27. The summed E-state index contributed by atoms with van der Waals surface area (Å²) in [6, 6.07) is 0. The highest BCUT2D eigenvalue weighted by atomic mass is 16.1. The van der Waals surface area contributed by atoms with Gasteiger partial charge in [-0.2, -0.15) is 0 Å². The van der Waals surface area contributed by atoms with Crippen molar-refractivity contribution < 1.29 is 4.79 Å². The van der Waals surface area contributed by atoms with Crippen molar-refractivity contribution in [2.45, 2.75) is 13.3 Å². The Bertz CT molecular complexity index is 113. The normalized spacial score (nSPS) is 21.6. The zero-order valence-electron chi connectivity index (χ0n) is 4.27. The lowest BCUT2D eigenvalue weighted by atomic mass is 10.2. The van der Waals surface area contributed by atoms with Gasteiger partial charge in [-0.05, 0) is 6.08 Å². The van der Waals surface area contributed by atoms with Crippen molar-refractivity contribution in [3.8, 4) is 0 Å². The largest absolute Gasteiger partial charge is 0.295 e. The lowest BCUT2D eigenvalue weighted by molar-refractivity contribution is -0.113. The third-order valence-corrected chi connectivity index (χ3v) is 1.01. The van der Waals surface area contributed by atoms with E-state index in [1.54, 1.807) is 6.08 Å². The maximum Gasteiger partial charge on any atom is 0.156 e. The second-order valence-corrected chi connectivity index (χ2v) is 1.82. The van der Waals surface area contributed by atoms with Gasteiger partial charge in [-0.25, -0.2) is 0 Å². The fourth-order valence-corrected chi connectivity index (χ4v) is 0.628. The summed E-state index contributed by atoms with van der Waals surface area (Å²) < 4.78 is 0. The van der Waals surface area contributed by atoms with Crippen LogP contribution in [0, 0.1) is 5.92 Å². The predicted octanol–water partition coefficient (Wildman–Crippen LogP) is 1.11. The van der Waals surface area contributed by atoms with E-state index in [0.717, 1.165) is 0 Å². The Morgan fingerprint density at radius 1 is 1.57 bits per heavy atom. The van der Waals surface area contributed by atoms with E-state index in [0.29, 0.717) is 6.42 Å². The first-order chi connectivity index (χ1) is 3.29. The fraction of sp³-hybridized carbons (Fsp3) is 0.333. The molecule has 1 rings (SSSR count). The van der Waals surface area contributed by atoms with Crippen LogP contribution >= 0.6 is 0 Å². The van der Waals surface area contributed by atoms with Gasteiger partial charge in [0.25, 0.3) is 0 Å². The van der Waals surface area contributed by atoms with Crippen LogP contribution in [0.1, 0.15) is 13.3 Å². The van der Waals surface area contributed by atoms with Gasteiger partial charge in [0.2, 0.25) is 0 Å². The van der Waals surface area contributed by atoms with E-state index in [-0.39, 0.29) is 5.78 Å². The highest BCUT2D eigenvalue weighted by Crippen LogP contribution is 2.13. The van der Waals surface area contributed by atoms with Gasteiger partial charge in [-0.3, -0.25) is 4.79 Å². The molecule has 0 amide bonds. The third-order valence-electron chi connectivity index (χ3n) is 1.01. The molecule has 0 atom stereocenters. The van der Waals surface area contributed by atoms with Crippen LogP contribution in [0.3, 0.4) is 0 Å². The molecule has 0 N–H and O–H groups in total. The van der Waals surface area contributed by atoms with E-state index in [4.69, 9.17) is 0 Å². The van der Waals surface area contributed by atoms with Crippen LogP contribution in [-0.2, 0) is 4.79 Å². The molecule has 7 heavy (non-hydrogen) atoms. The first-order valence-corrected chi connectivity index (χ1v) is 2.32. The highest BCUT2D eigenvalue weighted by Gasteiger charge is 2.09. The number of carbonyl (C=O) groups excluding carboxylic acids is 1. The van der Waals surface area contributed by atoms with Gasteiger partial charge in [0, 0.05) is 12.3 Å². The minimum Gasteiger partial charge on any atom is -0.295 e. The van der Waals surface area contributed by atoms with Crippen molar-refractivity contribution in [1.29, 1.82) is 0 Å². The van der Waals surface area contributed by atoms with E-state index >= 15 is 0 Å². The summed E-state index contributed by atoms with van der Waals surface area (Å²) in [5, 5.41) is 0. The van der Waals surface area contributed by atoms with Gasteiger partial charge in [0.15, 0.2) is 5.78 Å². The lowest BCUT2D eigenvalue weighted by Gasteiger charge is -1.87. The number of rotatable bonds is 0. The Morgan fingerprint density at radius 2 is 2.29 bits per heavy atom. The van der Waals surface area contributed by atoms with Crippen molar-refractivity contribution in [3.05, 3.63) is 18.1 Å². The molecular weight excluding hydrogens is 88.1 g/mol. The second kappa shape index (κ2) is 1.49. The van der Waals surface area contributed by atoms with Crippen molar-refractivity contribution in [1.82, 2.24) is 0 Å². The Morgan fingerprint density at radius 3 is 2.43 bits per heavy atom. The van der Waals surface area contributed by atoms with Gasteiger partial charge in [0.05, 0.1) is 0 Å². The summed E-state index contributed by atoms with van der Waals surface area (Å²) in [6.45, 7) is 1.96. The third kappa shape index (κ3) is 0.889. The van der Waals surface area contributed by atoms with Crippen LogP contribution in [0.25, 0.3) is 0 Å². The van der Waals surface area contributed by atoms with Crippen LogP contribution in [0.5, 0.6) is 0 Å². The van der Waals surface area contributed by atoms with Gasteiger partial charge >= 0.3 is 0 Å². The van der Waals surface area contributed by atoms with Gasteiger partial charge in [-0.1, -0.05) is 13.0 Å². The molecular formula is C6H7O. The van der Waals surface area contributed by atoms with E-state index in [2.05, 4.69) is 0 Å². The summed E-state index contributed by atoms with van der Waals surface area (Å²) in [5.74, 6) is 1.41. The summed E-state index contributed by atoms with van der Waals surface area (Å²) in [6.07, 6.45) is 4.12. The molecule has 0 aromatic rings. The maximum absolute atomic E-state index is 10.3. The molecule has 0 saturated heterocycles. The first kappa shape index (κ1) is 4.57. The maximum atomic E-state index is 10.3. The van der Waals surface area contributed by atoms with E-state index < -0.39 is 0 Å². The molecule has 0 unspecified atom stereocenters. The first-order valence-electron chi connectivity index (χ1n) is 2.32. The van der Waals surface area contributed by atoms with E-state index in [1.807, 2.05) is 13.0 Å². The van der Waals surface area contributed by atoms with Crippen LogP contribution in [0.4, 0.5) is 0 Å². The minimum atomic E-state index is 0.234. The van der Waals surface area contributed by atoms with Crippen molar-refractivity contribution >= 4 is 5.78 Å².